The standard InChI is InChI=1S/C14H22N4O/c1-10-4-5-12(13(15)19)14(18-10)17-8-6-11-3-2-7-16-9-11/h4-5,11,16H,2-3,6-9H2,1H3,(H2,15,19)(H,17,18). The maximum atomic E-state index is 11.3. The molecule has 1 aromatic rings. The first-order valence-electron chi connectivity index (χ1n) is 6.89. The van der Waals surface area contributed by atoms with E-state index in [1.165, 1.54) is 12.8 Å². The lowest BCUT2D eigenvalue weighted by Crippen LogP contribution is -2.31. The maximum absolute atomic E-state index is 11.3. The van der Waals surface area contributed by atoms with Crippen LogP contribution in [0.25, 0.3) is 0 Å². The third-order valence-electron chi connectivity index (χ3n) is 3.54. The number of nitrogens with zero attached hydrogens (tertiary/aromatic N) is 1. The van der Waals surface area contributed by atoms with E-state index < -0.39 is 5.91 Å². The number of nitrogens with one attached hydrogen (secondary N) is 2. The molecular weight excluding hydrogens is 240 g/mol. The highest BCUT2D eigenvalue weighted by Crippen LogP contribution is 2.16. The number of anilines is 1. The third kappa shape index (κ3) is 3.92. The minimum atomic E-state index is -0.436. The van der Waals surface area contributed by atoms with Gasteiger partial charge in [-0.1, -0.05) is 0 Å². The quantitative estimate of drug-likeness (QED) is 0.747. The molecule has 2 rings (SSSR count). The molecule has 1 aliphatic heterocycles. The van der Waals surface area contributed by atoms with Gasteiger partial charge in [0.15, 0.2) is 0 Å². The van der Waals surface area contributed by atoms with E-state index in [1.807, 2.05) is 6.92 Å². The largest absolute Gasteiger partial charge is 0.369 e. The Morgan fingerprint density at radius 1 is 1.58 bits per heavy atom. The Morgan fingerprint density at radius 2 is 2.42 bits per heavy atom. The van der Waals surface area contributed by atoms with Crippen LogP contribution >= 0.6 is 0 Å². The Kier molecular flexibility index (Phi) is 4.74. The summed E-state index contributed by atoms with van der Waals surface area (Å²) in [5.74, 6) is 0.883. The number of hydrogen-bond donors (Lipinski definition) is 3. The molecule has 5 heteroatoms. The van der Waals surface area contributed by atoms with Gasteiger partial charge in [-0.2, -0.15) is 0 Å². The van der Waals surface area contributed by atoms with Crippen molar-refractivity contribution in [2.24, 2.45) is 11.7 Å². The summed E-state index contributed by atoms with van der Waals surface area (Å²) in [4.78, 5) is 15.7. The van der Waals surface area contributed by atoms with E-state index in [0.717, 1.165) is 31.7 Å². The number of rotatable bonds is 5. The van der Waals surface area contributed by atoms with E-state index in [1.54, 1.807) is 12.1 Å². The Morgan fingerprint density at radius 3 is 3.11 bits per heavy atom. The van der Waals surface area contributed by atoms with Crippen LogP contribution in [0.4, 0.5) is 5.82 Å². The van der Waals surface area contributed by atoms with Crippen molar-refractivity contribution < 1.29 is 4.79 Å². The van der Waals surface area contributed by atoms with E-state index in [-0.39, 0.29) is 0 Å². The number of primary amides is 1. The van der Waals surface area contributed by atoms with Gasteiger partial charge in [-0.3, -0.25) is 4.79 Å². The van der Waals surface area contributed by atoms with Crippen LogP contribution in [0.1, 0.15) is 35.3 Å². The average molecular weight is 262 g/mol. The molecule has 1 atom stereocenters. The minimum Gasteiger partial charge on any atom is -0.369 e. The fraction of sp³-hybridized carbons (Fsp3) is 0.571. The van der Waals surface area contributed by atoms with E-state index in [4.69, 9.17) is 5.73 Å². The number of aryl methyl sites for hydroxylation is 1. The number of carbonyl (C=O) groups excluding carboxylic acids is 1. The van der Waals surface area contributed by atoms with E-state index in [9.17, 15) is 4.79 Å². The topological polar surface area (TPSA) is 80.0 Å². The average Bonchev–Trinajstić information content (AvgIpc) is 2.39. The second kappa shape index (κ2) is 6.52. The zero-order valence-electron chi connectivity index (χ0n) is 11.4. The molecule has 1 amide bonds. The second-order valence-electron chi connectivity index (χ2n) is 5.14. The molecule has 1 aliphatic rings. The highest BCUT2D eigenvalue weighted by atomic mass is 16.1. The van der Waals surface area contributed by atoms with Crippen molar-refractivity contribution in [3.63, 3.8) is 0 Å². The molecule has 1 unspecified atom stereocenters. The highest BCUT2D eigenvalue weighted by molar-refractivity contribution is 5.97. The lowest BCUT2D eigenvalue weighted by Gasteiger charge is -2.22. The zero-order valence-corrected chi connectivity index (χ0v) is 11.4. The third-order valence-corrected chi connectivity index (χ3v) is 3.54. The summed E-state index contributed by atoms with van der Waals surface area (Å²) in [6, 6.07) is 3.53. The zero-order chi connectivity index (χ0) is 13.7. The van der Waals surface area contributed by atoms with E-state index in [2.05, 4.69) is 15.6 Å². The van der Waals surface area contributed by atoms with Crippen molar-refractivity contribution in [3.8, 4) is 0 Å². The Bertz CT molecular complexity index is 441. The minimum absolute atomic E-state index is 0.436. The molecule has 0 saturated carbocycles. The first-order chi connectivity index (χ1) is 9.16. The summed E-state index contributed by atoms with van der Waals surface area (Å²) in [6.07, 6.45) is 3.61. The van der Waals surface area contributed by atoms with Gasteiger partial charge in [0.1, 0.15) is 5.82 Å². The van der Waals surface area contributed by atoms with Crippen LogP contribution < -0.4 is 16.4 Å². The van der Waals surface area contributed by atoms with Gasteiger partial charge in [-0.15, -0.1) is 0 Å². The van der Waals surface area contributed by atoms with Gasteiger partial charge in [0.25, 0.3) is 5.91 Å². The summed E-state index contributed by atoms with van der Waals surface area (Å²) in [7, 11) is 0. The second-order valence-corrected chi connectivity index (χ2v) is 5.14. The monoisotopic (exact) mass is 262 g/mol. The Balaban J connectivity index is 1.91. The van der Waals surface area contributed by atoms with Gasteiger partial charge < -0.3 is 16.4 Å². The molecule has 0 aromatic carbocycles. The molecule has 2 heterocycles. The number of carbonyl (C=O) groups is 1. The number of amides is 1. The van der Waals surface area contributed by atoms with E-state index in [0.29, 0.717) is 17.3 Å². The summed E-state index contributed by atoms with van der Waals surface area (Å²) < 4.78 is 0. The van der Waals surface area contributed by atoms with Crippen LogP contribution in [-0.2, 0) is 0 Å². The number of aromatic nitrogens is 1. The molecule has 0 radical (unpaired) electrons. The molecule has 1 aromatic heterocycles. The van der Waals surface area contributed by atoms with Gasteiger partial charge >= 0.3 is 0 Å². The van der Waals surface area contributed by atoms with Crippen molar-refractivity contribution >= 4 is 11.7 Å². The van der Waals surface area contributed by atoms with Crippen molar-refractivity contribution in [3.05, 3.63) is 23.4 Å². The van der Waals surface area contributed by atoms with Crippen LogP contribution in [0.5, 0.6) is 0 Å². The fourth-order valence-corrected chi connectivity index (χ4v) is 2.46. The number of hydrogen-bond acceptors (Lipinski definition) is 4. The first kappa shape index (κ1) is 13.8. The van der Waals surface area contributed by atoms with Crippen LogP contribution in [0.15, 0.2) is 12.1 Å². The fourth-order valence-electron chi connectivity index (χ4n) is 2.46. The normalized spacial score (nSPS) is 19.1. The molecule has 1 saturated heterocycles. The molecule has 19 heavy (non-hydrogen) atoms. The molecule has 0 spiro atoms. The van der Waals surface area contributed by atoms with Gasteiger partial charge in [-0.05, 0) is 57.3 Å². The molecular formula is C14H22N4O. The van der Waals surface area contributed by atoms with Crippen LogP contribution in [0.2, 0.25) is 0 Å². The van der Waals surface area contributed by atoms with E-state index >= 15 is 0 Å². The lowest BCUT2D eigenvalue weighted by atomic mass is 9.96. The maximum Gasteiger partial charge on any atom is 0.252 e. The lowest BCUT2D eigenvalue weighted by molar-refractivity contribution is 0.100. The van der Waals surface area contributed by atoms with Gasteiger partial charge in [0, 0.05) is 12.2 Å². The van der Waals surface area contributed by atoms with Gasteiger partial charge in [0.2, 0.25) is 0 Å². The molecule has 0 bridgehead atoms. The molecule has 104 valence electrons. The number of piperidine rings is 1. The summed E-state index contributed by atoms with van der Waals surface area (Å²) >= 11 is 0. The predicted octanol–water partition coefficient (Wildman–Crippen LogP) is 1.29. The van der Waals surface area contributed by atoms with Gasteiger partial charge in [-0.25, -0.2) is 4.98 Å². The Labute approximate surface area is 114 Å². The molecule has 1 fully saturated rings. The van der Waals surface area contributed by atoms with Crippen LogP contribution in [0, 0.1) is 12.8 Å². The van der Waals surface area contributed by atoms with Crippen molar-refractivity contribution in [2.75, 3.05) is 25.0 Å². The van der Waals surface area contributed by atoms with Crippen molar-refractivity contribution in [1.29, 1.82) is 0 Å². The first-order valence-corrected chi connectivity index (χ1v) is 6.89. The molecule has 0 aliphatic carbocycles. The van der Waals surface area contributed by atoms with Crippen molar-refractivity contribution in [1.82, 2.24) is 10.3 Å². The SMILES string of the molecule is Cc1ccc(C(N)=O)c(NCCC2CCCNC2)n1. The summed E-state index contributed by atoms with van der Waals surface area (Å²) in [5, 5.41) is 6.65. The van der Waals surface area contributed by atoms with Crippen LogP contribution in [-0.4, -0.2) is 30.5 Å². The summed E-state index contributed by atoms with van der Waals surface area (Å²) in [5.41, 5.74) is 6.70. The Hall–Kier alpha value is -1.62. The summed E-state index contributed by atoms with van der Waals surface area (Å²) in [6.45, 7) is 4.95. The number of nitrogens with two attached hydrogens (primary N) is 1. The smallest absolute Gasteiger partial charge is 0.252 e. The van der Waals surface area contributed by atoms with Gasteiger partial charge in [0.05, 0.1) is 5.56 Å². The number of pyridine rings is 1. The highest BCUT2D eigenvalue weighted by Gasteiger charge is 2.13. The van der Waals surface area contributed by atoms with Crippen molar-refractivity contribution in [2.45, 2.75) is 26.2 Å². The predicted molar refractivity (Wildman–Crippen MR) is 76.2 cm³/mol. The van der Waals surface area contributed by atoms with Crippen LogP contribution in [0.3, 0.4) is 0 Å². The molecule has 4 N–H and O–H groups in total. The molecule has 5 nitrogen and oxygen atoms in total.